The Labute approximate surface area is 103 Å². The van der Waals surface area contributed by atoms with Gasteiger partial charge in [-0.1, -0.05) is 6.92 Å². The minimum Gasteiger partial charge on any atom is -0.350 e. The maximum Gasteiger partial charge on any atom is 0.234 e. The lowest BCUT2D eigenvalue weighted by Gasteiger charge is -2.29. The number of nitrogens with one attached hydrogen (secondary N) is 2. The van der Waals surface area contributed by atoms with Crippen LogP contribution in [0.5, 0.6) is 0 Å². The third-order valence-electron chi connectivity index (χ3n) is 2.65. The first-order valence-electron chi connectivity index (χ1n) is 6.04. The summed E-state index contributed by atoms with van der Waals surface area (Å²) in [7, 11) is 0. The van der Waals surface area contributed by atoms with Gasteiger partial charge in [-0.15, -0.1) is 0 Å². The largest absolute Gasteiger partial charge is 0.350 e. The summed E-state index contributed by atoms with van der Waals surface area (Å²) in [6, 6.07) is 0.490. The third kappa shape index (κ3) is 5.21. The average Bonchev–Trinajstić information content (AvgIpc) is 2.14. The summed E-state index contributed by atoms with van der Waals surface area (Å²) in [6.07, 6.45) is 2.45. The molecule has 0 aromatic rings. The van der Waals surface area contributed by atoms with Crippen LogP contribution in [0.1, 0.15) is 40.5 Å². The van der Waals surface area contributed by atoms with Crippen molar-refractivity contribution in [2.45, 2.75) is 57.4 Å². The van der Waals surface area contributed by atoms with Gasteiger partial charge in [-0.05, 0) is 39.4 Å². The van der Waals surface area contributed by atoms with Crippen molar-refractivity contribution in [2.75, 3.05) is 12.3 Å². The van der Waals surface area contributed by atoms with Crippen molar-refractivity contribution in [1.29, 1.82) is 0 Å². The molecule has 0 saturated carbocycles. The van der Waals surface area contributed by atoms with E-state index in [1.165, 1.54) is 18.6 Å². The lowest BCUT2D eigenvalue weighted by atomic mass is 10.1. The van der Waals surface area contributed by atoms with Crippen molar-refractivity contribution < 1.29 is 4.79 Å². The molecule has 16 heavy (non-hydrogen) atoms. The topological polar surface area (TPSA) is 41.1 Å². The van der Waals surface area contributed by atoms with Crippen LogP contribution in [-0.4, -0.2) is 35.0 Å². The molecule has 0 bridgehead atoms. The van der Waals surface area contributed by atoms with E-state index in [-0.39, 0.29) is 11.4 Å². The van der Waals surface area contributed by atoms with Gasteiger partial charge >= 0.3 is 0 Å². The fourth-order valence-electron chi connectivity index (χ4n) is 1.88. The van der Waals surface area contributed by atoms with Crippen LogP contribution in [0.25, 0.3) is 0 Å². The Morgan fingerprint density at radius 1 is 1.44 bits per heavy atom. The monoisotopic (exact) mass is 244 g/mol. The van der Waals surface area contributed by atoms with Gasteiger partial charge in [0.15, 0.2) is 0 Å². The Balaban J connectivity index is 2.25. The molecule has 1 aliphatic heterocycles. The van der Waals surface area contributed by atoms with Crippen molar-refractivity contribution in [3.05, 3.63) is 0 Å². The van der Waals surface area contributed by atoms with E-state index in [9.17, 15) is 4.79 Å². The number of carbonyl (C=O) groups is 1. The Hall–Kier alpha value is -0.220. The first-order chi connectivity index (χ1) is 7.38. The zero-order valence-corrected chi connectivity index (χ0v) is 11.6. The summed E-state index contributed by atoms with van der Waals surface area (Å²) in [5.74, 6) is 1.35. The van der Waals surface area contributed by atoms with Gasteiger partial charge in [0.05, 0.1) is 6.54 Å². The van der Waals surface area contributed by atoms with Gasteiger partial charge in [0, 0.05) is 16.8 Å². The normalized spacial score (nSPS) is 26.5. The predicted molar refractivity (Wildman–Crippen MR) is 70.8 cm³/mol. The molecule has 2 atom stereocenters. The summed E-state index contributed by atoms with van der Waals surface area (Å²) < 4.78 is 0. The van der Waals surface area contributed by atoms with Gasteiger partial charge in [-0.2, -0.15) is 11.8 Å². The summed E-state index contributed by atoms with van der Waals surface area (Å²) in [5, 5.41) is 6.95. The lowest BCUT2D eigenvalue weighted by molar-refractivity contribution is -0.121. The molecular formula is C12H24N2OS. The van der Waals surface area contributed by atoms with Crippen LogP contribution in [0.4, 0.5) is 0 Å². The maximum atomic E-state index is 11.6. The van der Waals surface area contributed by atoms with Crippen molar-refractivity contribution >= 4 is 17.7 Å². The molecule has 1 rings (SSSR count). The van der Waals surface area contributed by atoms with Crippen LogP contribution in [0, 0.1) is 0 Å². The standard InChI is InChI=1S/C12H24N2OS/c1-9-10(6-5-7-16-9)13-8-11(15)14-12(2,3)4/h9-10,13H,5-8H2,1-4H3,(H,14,15). The van der Waals surface area contributed by atoms with E-state index in [0.717, 1.165) is 0 Å². The molecule has 0 aromatic heterocycles. The molecule has 0 aromatic carbocycles. The van der Waals surface area contributed by atoms with E-state index < -0.39 is 0 Å². The van der Waals surface area contributed by atoms with Gasteiger partial charge in [0.2, 0.25) is 5.91 Å². The zero-order chi connectivity index (χ0) is 12.2. The van der Waals surface area contributed by atoms with Gasteiger partial charge in [0.25, 0.3) is 0 Å². The molecule has 3 nitrogen and oxygen atoms in total. The molecule has 2 unspecified atom stereocenters. The molecule has 1 saturated heterocycles. The second-order valence-electron chi connectivity index (χ2n) is 5.50. The number of thioether (sulfide) groups is 1. The van der Waals surface area contributed by atoms with Gasteiger partial charge in [-0.25, -0.2) is 0 Å². The van der Waals surface area contributed by atoms with Crippen LogP contribution in [0.2, 0.25) is 0 Å². The van der Waals surface area contributed by atoms with E-state index in [0.29, 0.717) is 17.8 Å². The van der Waals surface area contributed by atoms with Gasteiger partial charge < -0.3 is 10.6 Å². The van der Waals surface area contributed by atoms with Crippen molar-refractivity contribution in [3.63, 3.8) is 0 Å². The first kappa shape index (κ1) is 13.8. The Morgan fingerprint density at radius 3 is 2.69 bits per heavy atom. The van der Waals surface area contributed by atoms with Crippen molar-refractivity contribution in [1.82, 2.24) is 10.6 Å². The first-order valence-corrected chi connectivity index (χ1v) is 7.09. The smallest absolute Gasteiger partial charge is 0.234 e. The summed E-state index contributed by atoms with van der Waals surface area (Å²) in [4.78, 5) is 11.6. The van der Waals surface area contributed by atoms with Crippen LogP contribution >= 0.6 is 11.8 Å². The second-order valence-corrected chi connectivity index (χ2v) is 6.99. The minimum absolute atomic E-state index is 0.0928. The van der Waals surface area contributed by atoms with E-state index >= 15 is 0 Å². The third-order valence-corrected chi connectivity index (χ3v) is 4.02. The lowest BCUT2D eigenvalue weighted by Crippen LogP contribution is -2.48. The number of carbonyl (C=O) groups excluding carboxylic acids is 1. The molecule has 1 heterocycles. The van der Waals surface area contributed by atoms with Crippen molar-refractivity contribution in [3.8, 4) is 0 Å². The zero-order valence-electron chi connectivity index (χ0n) is 10.8. The molecular weight excluding hydrogens is 220 g/mol. The molecule has 0 aliphatic carbocycles. The molecule has 94 valence electrons. The Kier molecular flexibility index (Phi) is 5.12. The highest BCUT2D eigenvalue weighted by molar-refractivity contribution is 7.99. The summed E-state index contributed by atoms with van der Waals surface area (Å²) in [6.45, 7) is 8.69. The molecule has 1 amide bonds. The highest BCUT2D eigenvalue weighted by atomic mass is 32.2. The van der Waals surface area contributed by atoms with E-state index in [2.05, 4.69) is 17.6 Å². The summed E-state index contributed by atoms with van der Waals surface area (Å²) >= 11 is 2.00. The van der Waals surface area contributed by atoms with Gasteiger partial charge in [0.1, 0.15) is 0 Å². The second kappa shape index (κ2) is 5.92. The average molecular weight is 244 g/mol. The van der Waals surface area contributed by atoms with Crippen LogP contribution in [0.3, 0.4) is 0 Å². The quantitative estimate of drug-likeness (QED) is 0.795. The predicted octanol–water partition coefficient (Wildman–Crippen LogP) is 1.77. The fraction of sp³-hybridized carbons (Fsp3) is 0.917. The van der Waals surface area contributed by atoms with E-state index in [1.807, 2.05) is 32.5 Å². The number of rotatable bonds is 3. The SMILES string of the molecule is CC1SCCCC1NCC(=O)NC(C)(C)C. The molecule has 0 spiro atoms. The summed E-state index contributed by atoms with van der Waals surface area (Å²) in [5.41, 5.74) is -0.133. The van der Waals surface area contributed by atoms with E-state index in [4.69, 9.17) is 0 Å². The van der Waals surface area contributed by atoms with Crippen LogP contribution < -0.4 is 10.6 Å². The highest BCUT2D eigenvalue weighted by Gasteiger charge is 2.22. The fourth-order valence-corrected chi connectivity index (χ4v) is 3.05. The Morgan fingerprint density at radius 2 is 2.12 bits per heavy atom. The Bertz CT molecular complexity index is 238. The van der Waals surface area contributed by atoms with Crippen LogP contribution in [-0.2, 0) is 4.79 Å². The minimum atomic E-state index is -0.133. The molecule has 4 heteroatoms. The van der Waals surface area contributed by atoms with Crippen LogP contribution in [0.15, 0.2) is 0 Å². The molecule has 1 aliphatic rings. The highest BCUT2D eigenvalue weighted by Crippen LogP contribution is 2.24. The molecule has 2 N–H and O–H groups in total. The number of hydrogen-bond donors (Lipinski definition) is 2. The maximum absolute atomic E-state index is 11.6. The molecule has 0 radical (unpaired) electrons. The van der Waals surface area contributed by atoms with Crippen molar-refractivity contribution in [2.24, 2.45) is 0 Å². The molecule has 1 fully saturated rings. The number of amides is 1. The van der Waals surface area contributed by atoms with Gasteiger partial charge in [-0.3, -0.25) is 4.79 Å². The number of hydrogen-bond acceptors (Lipinski definition) is 3. The van der Waals surface area contributed by atoms with E-state index in [1.54, 1.807) is 0 Å².